The maximum Gasteiger partial charge on any atom is 0.409 e. The summed E-state index contributed by atoms with van der Waals surface area (Å²) in [5, 5.41) is 22.3. The highest BCUT2D eigenvalue weighted by atomic mass is 35.5. The minimum absolute atomic E-state index is 0.0747. The van der Waals surface area contributed by atoms with Crippen LogP contribution in [0.4, 0.5) is 10.5 Å². The number of aryl methyl sites for hydroxylation is 2. The lowest BCUT2D eigenvalue weighted by molar-refractivity contribution is -0.384. The number of esters is 1. The van der Waals surface area contributed by atoms with Crippen molar-refractivity contribution < 1.29 is 29.1 Å². The van der Waals surface area contributed by atoms with Gasteiger partial charge in [-0.3, -0.25) is 14.9 Å². The number of nitro benzene ring substituents is 1. The van der Waals surface area contributed by atoms with E-state index in [9.17, 15) is 29.6 Å². The molecule has 42 heavy (non-hydrogen) atoms. The second-order valence-electron chi connectivity index (χ2n) is 9.99. The maximum atomic E-state index is 13.3. The second kappa shape index (κ2) is 11.0. The lowest BCUT2D eigenvalue weighted by atomic mass is 9.86. The maximum absolute atomic E-state index is 13.3. The van der Waals surface area contributed by atoms with Crippen LogP contribution in [0.2, 0.25) is 0 Å². The standard InChI is InChI=1S/C23H22N2O4.C7H4ClNO4/c1-4-13-14-8-12(3)6-7-18(14)24-20-15(13)10-25-19(20)9-17-16(21(25)26)11-29-22(27)23(17,28)5-2;8-7(10)13-6-3-1-5(2-4-6)9(11)12/h6-9,28H,4-5,10-11H2,1-3H3;1-4H/t23-;/m0./s1. The molecule has 0 spiro atoms. The molecule has 0 unspecified atom stereocenters. The molecule has 12 heteroatoms. The fourth-order valence-electron chi connectivity index (χ4n) is 5.41. The van der Waals surface area contributed by atoms with Crippen LogP contribution in [-0.4, -0.2) is 31.0 Å². The molecule has 2 aliphatic heterocycles. The summed E-state index contributed by atoms with van der Waals surface area (Å²) >= 11 is 4.92. The van der Waals surface area contributed by atoms with Crippen LogP contribution in [0.3, 0.4) is 0 Å². The van der Waals surface area contributed by atoms with E-state index < -0.39 is 21.9 Å². The van der Waals surface area contributed by atoms with Crippen molar-refractivity contribution >= 4 is 39.6 Å². The van der Waals surface area contributed by atoms with Gasteiger partial charge in [-0.2, -0.15) is 0 Å². The first-order valence-electron chi connectivity index (χ1n) is 13.2. The molecular weight excluding hydrogens is 566 g/mol. The molecule has 2 aromatic carbocycles. The van der Waals surface area contributed by atoms with Crippen molar-refractivity contribution in [1.82, 2.24) is 9.55 Å². The Balaban J connectivity index is 0.000000229. The molecule has 0 aliphatic carbocycles. The Morgan fingerprint density at radius 2 is 1.88 bits per heavy atom. The van der Waals surface area contributed by atoms with E-state index >= 15 is 0 Å². The number of pyridine rings is 2. The summed E-state index contributed by atoms with van der Waals surface area (Å²) in [5.74, 6) is -0.531. The number of carbonyl (C=O) groups excluding carboxylic acids is 2. The Morgan fingerprint density at radius 3 is 2.50 bits per heavy atom. The van der Waals surface area contributed by atoms with Crippen LogP contribution in [0.1, 0.15) is 48.1 Å². The van der Waals surface area contributed by atoms with Crippen molar-refractivity contribution in [3.63, 3.8) is 0 Å². The number of aliphatic hydroxyl groups is 1. The molecule has 0 saturated heterocycles. The molecule has 0 radical (unpaired) electrons. The number of fused-ring (bicyclic) bond motifs is 5. The normalized spacial score (nSPS) is 16.5. The summed E-state index contributed by atoms with van der Waals surface area (Å²) in [4.78, 5) is 50.3. The molecule has 0 bridgehead atoms. The van der Waals surface area contributed by atoms with Crippen molar-refractivity contribution in [2.45, 2.75) is 52.4 Å². The lowest BCUT2D eigenvalue weighted by Gasteiger charge is -2.31. The average Bonchev–Trinajstić information content (AvgIpc) is 3.33. The Kier molecular flexibility index (Phi) is 7.56. The third-order valence-electron chi connectivity index (χ3n) is 7.56. The number of hydrogen-bond donors (Lipinski definition) is 1. The van der Waals surface area contributed by atoms with E-state index in [0.29, 0.717) is 23.4 Å². The first kappa shape index (κ1) is 28.9. The van der Waals surface area contributed by atoms with Gasteiger partial charge in [-0.15, -0.1) is 0 Å². The number of nitrogens with zero attached hydrogens (tertiary/aromatic N) is 3. The molecule has 2 aromatic heterocycles. The molecule has 1 atom stereocenters. The van der Waals surface area contributed by atoms with Gasteiger partial charge in [0.2, 0.25) is 0 Å². The van der Waals surface area contributed by atoms with Crippen LogP contribution in [0.15, 0.2) is 53.3 Å². The number of aromatic nitrogens is 2. The monoisotopic (exact) mass is 591 g/mol. The van der Waals surface area contributed by atoms with Crippen LogP contribution in [-0.2, 0) is 34.7 Å². The number of hydrogen-bond acceptors (Lipinski definition) is 9. The summed E-state index contributed by atoms with van der Waals surface area (Å²) in [6, 6.07) is 12.9. The lowest BCUT2D eigenvalue weighted by Crippen LogP contribution is -2.44. The highest BCUT2D eigenvalue weighted by molar-refractivity contribution is 6.61. The molecule has 2 aliphatic rings. The average molecular weight is 592 g/mol. The SMILES string of the molecule is CCc1c2c(nc3ccc(C)cc13)-c1cc3c(c(=O)n1C2)COC(=O)[C@]3(O)CC.O=C(Cl)Oc1ccc([N+](=O)[O-])cc1. The first-order valence-corrected chi connectivity index (χ1v) is 13.6. The molecule has 4 heterocycles. The van der Waals surface area contributed by atoms with Gasteiger partial charge in [0.25, 0.3) is 11.2 Å². The third kappa shape index (κ3) is 4.90. The van der Waals surface area contributed by atoms with Crippen LogP contribution in [0.5, 0.6) is 5.75 Å². The highest BCUT2D eigenvalue weighted by Gasteiger charge is 2.45. The van der Waals surface area contributed by atoms with Gasteiger partial charge in [0.15, 0.2) is 5.60 Å². The van der Waals surface area contributed by atoms with E-state index in [1.54, 1.807) is 17.6 Å². The van der Waals surface area contributed by atoms with Gasteiger partial charge in [0.1, 0.15) is 12.4 Å². The zero-order valence-corrected chi connectivity index (χ0v) is 23.7. The third-order valence-corrected chi connectivity index (χ3v) is 7.64. The minimum atomic E-state index is -1.80. The molecular formula is C30H26ClN3O8. The van der Waals surface area contributed by atoms with Crippen LogP contribution >= 0.6 is 11.6 Å². The van der Waals surface area contributed by atoms with Gasteiger partial charge in [-0.25, -0.2) is 14.6 Å². The first-order chi connectivity index (χ1) is 20.0. The summed E-state index contributed by atoms with van der Waals surface area (Å²) in [7, 11) is 0. The smallest absolute Gasteiger partial charge is 0.409 e. The van der Waals surface area contributed by atoms with Gasteiger partial charge in [-0.05, 0) is 55.7 Å². The predicted octanol–water partition coefficient (Wildman–Crippen LogP) is 5.28. The minimum Gasteiger partial charge on any atom is -0.458 e. The van der Waals surface area contributed by atoms with Crippen LogP contribution in [0.25, 0.3) is 22.3 Å². The van der Waals surface area contributed by atoms with Crippen molar-refractivity contribution in [3.8, 4) is 17.1 Å². The summed E-state index contributed by atoms with van der Waals surface area (Å²) in [6.07, 6.45) is 0.965. The topological polar surface area (TPSA) is 151 Å². The van der Waals surface area contributed by atoms with Crippen molar-refractivity contribution in [1.29, 1.82) is 0 Å². The van der Waals surface area contributed by atoms with E-state index in [2.05, 4.69) is 24.7 Å². The molecule has 6 rings (SSSR count). The van der Waals surface area contributed by atoms with Crippen LogP contribution < -0.4 is 10.3 Å². The number of non-ortho nitro benzene ring substituents is 1. The number of cyclic esters (lactones) is 1. The van der Waals surface area contributed by atoms with Crippen molar-refractivity contribution in [3.05, 3.63) is 96.8 Å². The Hall–Kier alpha value is -4.61. The van der Waals surface area contributed by atoms with E-state index in [4.69, 9.17) is 21.3 Å². The molecule has 216 valence electrons. The molecule has 4 aromatic rings. The van der Waals surface area contributed by atoms with Gasteiger partial charge in [0.05, 0.1) is 33.9 Å². The van der Waals surface area contributed by atoms with Crippen molar-refractivity contribution in [2.24, 2.45) is 0 Å². The van der Waals surface area contributed by atoms with Gasteiger partial charge >= 0.3 is 11.4 Å². The number of nitro groups is 1. The van der Waals surface area contributed by atoms with Gasteiger partial charge < -0.3 is 19.1 Å². The Morgan fingerprint density at radius 1 is 1.17 bits per heavy atom. The zero-order chi connectivity index (χ0) is 30.3. The van der Waals surface area contributed by atoms with E-state index in [-0.39, 0.29) is 30.0 Å². The largest absolute Gasteiger partial charge is 0.458 e. The number of benzene rings is 2. The molecule has 0 amide bonds. The van der Waals surface area contributed by atoms with Crippen molar-refractivity contribution in [2.75, 3.05) is 0 Å². The van der Waals surface area contributed by atoms with Crippen LogP contribution in [0, 0.1) is 17.0 Å². The fourth-order valence-corrected chi connectivity index (χ4v) is 5.50. The summed E-state index contributed by atoms with van der Waals surface area (Å²) < 4.78 is 11.3. The van der Waals surface area contributed by atoms with E-state index in [1.807, 2.05) is 12.1 Å². The molecule has 0 saturated carbocycles. The van der Waals surface area contributed by atoms with Gasteiger partial charge in [0, 0.05) is 40.2 Å². The molecule has 0 fully saturated rings. The number of halogens is 1. The summed E-state index contributed by atoms with van der Waals surface area (Å²) in [5.41, 5.74) is 3.32. The quantitative estimate of drug-likeness (QED) is 0.127. The Bertz CT molecular complexity index is 1830. The zero-order valence-electron chi connectivity index (χ0n) is 23.0. The van der Waals surface area contributed by atoms with E-state index in [1.165, 1.54) is 35.4 Å². The fraction of sp³-hybridized carbons (Fsp3) is 0.267. The predicted molar refractivity (Wildman–Crippen MR) is 154 cm³/mol. The Labute approximate surface area is 244 Å². The number of rotatable bonds is 4. The molecule has 11 nitrogen and oxygen atoms in total. The number of carbonyl (C=O) groups is 2. The van der Waals surface area contributed by atoms with Gasteiger partial charge in [-0.1, -0.05) is 25.5 Å². The van der Waals surface area contributed by atoms with E-state index in [0.717, 1.165) is 28.6 Å². The second-order valence-corrected chi connectivity index (χ2v) is 10.3. The summed E-state index contributed by atoms with van der Waals surface area (Å²) in [6.45, 7) is 6.20. The highest BCUT2D eigenvalue weighted by Crippen LogP contribution is 2.40. The number of ether oxygens (including phenoxy) is 2. The molecule has 1 N–H and O–H groups in total.